The highest BCUT2D eigenvalue weighted by Crippen LogP contribution is 2.40. The van der Waals surface area contributed by atoms with Crippen LogP contribution in [-0.4, -0.2) is 27.3 Å². The fourth-order valence-electron chi connectivity index (χ4n) is 3.16. The smallest absolute Gasteiger partial charge is 0.178 e. The highest BCUT2D eigenvalue weighted by atomic mass is 32.2. The van der Waals surface area contributed by atoms with Crippen LogP contribution in [0.1, 0.15) is 25.3 Å². The summed E-state index contributed by atoms with van der Waals surface area (Å²) in [6.07, 6.45) is 1.82. The number of nitrogens with two attached hydrogens (primary N) is 1. The van der Waals surface area contributed by atoms with E-state index in [4.69, 9.17) is 5.73 Å². The number of benzene rings is 1. The molecule has 2 aliphatic rings. The molecule has 1 aromatic carbocycles. The zero-order chi connectivity index (χ0) is 14.4. The third-order valence-electron chi connectivity index (χ3n) is 4.86. The molecule has 0 bridgehead atoms. The molecule has 0 radical (unpaired) electrons. The van der Waals surface area contributed by atoms with Crippen molar-refractivity contribution in [3.8, 4) is 0 Å². The van der Waals surface area contributed by atoms with Crippen LogP contribution in [-0.2, 0) is 15.4 Å². The maximum Gasteiger partial charge on any atom is 0.178 e. The van der Waals surface area contributed by atoms with Crippen LogP contribution in [0.3, 0.4) is 0 Å². The van der Waals surface area contributed by atoms with E-state index in [1.54, 1.807) is 12.1 Å². The maximum absolute atomic E-state index is 12.2. The molecule has 0 amide bonds. The third-order valence-corrected chi connectivity index (χ3v) is 6.63. The highest BCUT2D eigenvalue weighted by molar-refractivity contribution is 7.91. The number of nitrogens with one attached hydrogen (secondary N) is 1. The Balaban J connectivity index is 1.95. The molecular formula is C15H22N2O2S. The first-order valence-electron chi connectivity index (χ1n) is 7.26. The lowest BCUT2D eigenvalue weighted by Crippen LogP contribution is -2.53. The lowest BCUT2D eigenvalue weighted by Gasteiger charge is -2.39. The maximum atomic E-state index is 12.2. The van der Waals surface area contributed by atoms with E-state index in [0.29, 0.717) is 23.8 Å². The van der Waals surface area contributed by atoms with Crippen molar-refractivity contribution in [2.75, 3.05) is 18.8 Å². The van der Waals surface area contributed by atoms with E-state index in [1.165, 1.54) is 6.42 Å². The van der Waals surface area contributed by atoms with Gasteiger partial charge in [-0.25, -0.2) is 8.42 Å². The summed E-state index contributed by atoms with van der Waals surface area (Å²) in [5.41, 5.74) is 6.49. The second kappa shape index (κ2) is 4.83. The zero-order valence-electron chi connectivity index (χ0n) is 11.8. The molecule has 1 heterocycles. The number of rotatable bonds is 4. The molecule has 3 unspecified atom stereocenters. The molecule has 3 N–H and O–H groups in total. The van der Waals surface area contributed by atoms with Crippen LogP contribution in [0.2, 0.25) is 0 Å². The van der Waals surface area contributed by atoms with Gasteiger partial charge in [0.1, 0.15) is 0 Å². The lowest BCUT2D eigenvalue weighted by molar-refractivity contribution is 0.310. The van der Waals surface area contributed by atoms with E-state index >= 15 is 0 Å². The predicted octanol–water partition coefficient (Wildman–Crippen LogP) is 1.26. The van der Waals surface area contributed by atoms with Gasteiger partial charge in [-0.15, -0.1) is 0 Å². The fraction of sp³-hybridized carbons (Fsp3) is 0.600. The average molecular weight is 294 g/mol. The molecule has 0 spiro atoms. The second-order valence-corrected chi connectivity index (χ2v) is 8.28. The molecule has 20 heavy (non-hydrogen) atoms. The van der Waals surface area contributed by atoms with Crippen molar-refractivity contribution in [1.29, 1.82) is 0 Å². The Labute approximate surface area is 120 Å². The first kappa shape index (κ1) is 14.0. The van der Waals surface area contributed by atoms with E-state index in [9.17, 15) is 8.42 Å². The summed E-state index contributed by atoms with van der Waals surface area (Å²) in [5.74, 6) is 1.66. The quantitative estimate of drug-likeness (QED) is 0.877. The van der Waals surface area contributed by atoms with Crippen LogP contribution in [0.5, 0.6) is 0 Å². The minimum atomic E-state index is -3.15. The highest BCUT2D eigenvalue weighted by Gasteiger charge is 2.42. The van der Waals surface area contributed by atoms with Gasteiger partial charge in [-0.2, -0.15) is 0 Å². The number of hydrogen-bond donors (Lipinski definition) is 2. The van der Waals surface area contributed by atoms with Gasteiger partial charge in [0.2, 0.25) is 0 Å². The van der Waals surface area contributed by atoms with Gasteiger partial charge in [0, 0.05) is 6.54 Å². The van der Waals surface area contributed by atoms with Gasteiger partial charge in [0.05, 0.1) is 16.2 Å². The van der Waals surface area contributed by atoms with Gasteiger partial charge in [-0.1, -0.05) is 25.1 Å². The molecule has 3 atom stereocenters. The van der Waals surface area contributed by atoms with E-state index in [-0.39, 0.29) is 11.3 Å². The Morgan fingerprint density at radius 3 is 2.75 bits per heavy atom. The Kier molecular flexibility index (Phi) is 3.39. The predicted molar refractivity (Wildman–Crippen MR) is 79.1 cm³/mol. The number of sulfone groups is 1. The largest absolute Gasteiger partial charge is 0.328 e. The van der Waals surface area contributed by atoms with Crippen LogP contribution < -0.4 is 11.1 Å². The van der Waals surface area contributed by atoms with Crippen LogP contribution >= 0.6 is 0 Å². The van der Waals surface area contributed by atoms with Gasteiger partial charge in [-0.3, -0.25) is 0 Å². The SMILES string of the molecule is CC1CC1CNC1(CN)CCS(=O)(=O)c2ccccc21. The molecule has 0 aromatic heterocycles. The first-order valence-corrected chi connectivity index (χ1v) is 8.91. The molecular weight excluding hydrogens is 272 g/mol. The summed E-state index contributed by atoms with van der Waals surface area (Å²) in [5, 5.41) is 3.58. The summed E-state index contributed by atoms with van der Waals surface area (Å²) in [4.78, 5) is 0.452. The van der Waals surface area contributed by atoms with Gasteiger partial charge in [0.25, 0.3) is 0 Å². The molecule has 1 aliphatic heterocycles. The summed E-state index contributed by atoms with van der Waals surface area (Å²) in [6.45, 7) is 3.61. The lowest BCUT2D eigenvalue weighted by atomic mass is 9.86. The minimum absolute atomic E-state index is 0.175. The molecule has 110 valence electrons. The van der Waals surface area contributed by atoms with Gasteiger partial charge in [0.15, 0.2) is 9.84 Å². The topological polar surface area (TPSA) is 72.2 Å². The molecule has 1 aromatic rings. The van der Waals surface area contributed by atoms with Gasteiger partial charge >= 0.3 is 0 Å². The first-order chi connectivity index (χ1) is 9.48. The summed E-state index contributed by atoms with van der Waals surface area (Å²) in [6, 6.07) is 7.29. The van der Waals surface area contributed by atoms with Gasteiger partial charge < -0.3 is 11.1 Å². The fourth-order valence-corrected chi connectivity index (χ4v) is 4.89. The molecule has 4 nitrogen and oxygen atoms in total. The average Bonchev–Trinajstić information content (AvgIpc) is 3.15. The minimum Gasteiger partial charge on any atom is -0.328 e. The summed E-state index contributed by atoms with van der Waals surface area (Å²) in [7, 11) is -3.15. The number of hydrogen-bond acceptors (Lipinski definition) is 4. The third kappa shape index (κ3) is 2.28. The Morgan fingerprint density at radius 1 is 1.40 bits per heavy atom. The molecule has 3 rings (SSSR count). The molecule has 1 fully saturated rings. The van der Waals surface area contributed by atoms with E-state index < -0.39 is 9.84 Å². The van der Waals surface area contributed by atoms with Crippen molar-refractivity contribution in [2.45, 2.75) is 30.2 Å². The van der Waals surface area contributed by atoms with Crippen molar-refractivity contribution < 1.29 is 8.42 Å². The molecule has 5 heteroatoms. The van der Waals surface area contributed by atoms with E-state index in [1.807, 2.05) is 12.1 Å². The Hall–Kier alpha value is -0.910. The van der Waals surface area contributed by atoms with E-state index in [0.717, 1.165) is 18.0 Å². The second-order valence-electron chi connectivity index (χ2n) is 6.21. The normalized spacial score (nSPS) is 34.5. The standard InChI is InChI=1S/C15H22N2O2S/c1-11-8-12(11)9-17-15(10-16)6-7-20(18,19)14-5-3-2-4-13(14)15/h2-5,11-12,17H,6-10,16H2,1H3. The van der Waals surface area contributed by atoms with Gasteiger partial charge in [-0.05, 0) is 42.9 Å². The monoisotopic (exact) mass is 294 g/mol. The molecule has 0 saturated heterocycles. The van der Waals surface area contributed by atoms with Crippen LogP contribution in [0.4, 0.5) is 0 Å². The van der Waals surface area contributed by atoms with Crippen LogP contribution in [0.15, 0.2) is 29.2 Å². The van der Waals surface area contributed by atoms with Crippen molar-refractivity contribution in [2.24, 2.45) is 17.6 Å². The van der Waals surface area contributed by atoms with Crippen molar-refractivity contribution in [3.63, 3.8) is 0 Å². The van der Waals surface area contributed by atoms with Crippen molar-refractivity contribution in [1.82, 2.24) is 5.32 Å². The Morgan fingerprint density at radius 2 is 2.10 bits per heavy atom. The van der Waals surface area contributed by atoms with Crippen LogP contribution in [0, 0.1) is 11.8 Å². The zero-order valence-corrected chi connectivity index (χ0v) is 12.6. The van der Waals surface area contributed by atoms with Crippen LogP contribution in [0.25, 0.3) is 0 Å². The van der Waals surface area contributed by atoms with E-state index in [2.05, 4.69) is 12.2 Å². The summed E-state index contributed by atoms with van der Waals surface area (Å²) >= 11 is 0. The Bertz CT molecular complexity index is 614. The summed E-state index contributed by atoms with van der Waals surface area (Å²) < 4.78 is 24.4. The molecule has 1 aliphatic carbocycles. The molecule has 1 saturated carbocycles. The van der Waals surface area contributed by atoms with Crippen molar-refractivity contribution in [3.05, 3.63) is 29.8 Å². The number of fused-ring (bicyclic) bond motifs is 1. The van der Waals surface area contributed by atoms with Crippen molar-refractivity contribution >= 4 is 9.84 Å².